The monoisotopic (exact) mass is 398 g/mol. The Bertz CT molecular complexity index is 1040. The van der Waals surface area contributed by atoms with Crippen molar-refractivity contribution in [2.75, 3.05) is 17.2 Å². The van der Waals surface area contributed by atoms with E-state index >= 15 is 0 Å². The van der Waals surface area contributed by atoms with Gasteiger partial charge in [-0.2, -0.15) is 10.1 Å². The first-order valence-corrected chi connectivity index (χ1v) is 10.3. The standard InChI is InChI=1S/C19H22N6O2S/c1-14-3-2-4-16(11-14)12-22-19-24-18(13-23-25-19)21-10-9-15-5-7-17(8-6-15)28(20,26)27/h2-8,11,13H,9-10,12H2,1H3,(H2,20,26,27)(H2,21,22,24,25). The predicted octanol–water partition coefficient (Wildman–Crippen LogP) is 2.09. The molecule has 0 bridgehead atoms. The Labute approximate surface area is 164 Å². The highest BCUT2D eigenvalue weighted by atomic mass is 32.2. The zero-order valence-corrected chi connectivity index (χ0v) is 16.3. The van der Waals surface area contributed by atoms with Crippen LogP contribution in [0.5, 0.6) is 0 Å². The van der Waals surface area contributed by atoms with Gasteiger partial charge < -0.3 is 10.6 Å². The number of hydrogen-bond donors (Lipinski definition) is 3. The van der Waals surface area contributed by atoms with E-state index in [1.807, 2.05) is 12.1 Å². The van der Waals surface area contributed by atoms with Crippen LogP contribution in [0.3, 0.4) is 0 Å². The van der Waals surface area contributed by atoms with Crippen molar-refractivity contribution in [3.05, 3.63) is 71.4 Å². The lowest BCUT2D eigenvalue weighted by Crippen LogP contribution is -2.12. The molecule has 3 rings (SSSR count). The van der Waals surface area contributed by atoms with Crippen molar-refractivity contribution in [2.24, 2.45) is 5.14 Å². The summed E-state index contributed by atoms with van der Waals surface area (Å²) in [6, 6.07) is 14.7. The molecule has 0 saturated carbocycles. The second kappa shape index (κ2) is 8.77. The van der Waals surface area contributed by atoms with Crippen LogP contribution in [0.25, 0.3) is 0 Å². The molecule has 0 fully saturated rings. The van der Waals surface area contributed by atoms with Gasteiger partial charge in [0.2, 0.25) is 16.0 Å². The summed E-state index contributed by atoms with van der Waals surface area (Å²) in [5.41, 5.74) is 3.33. The summed E-state index contributed by atoms with van der Waals surface area (Å²) < 4.78 is 22.5. The number of primary sulfonamides is 1. The fraction of sp³-hybridized carbons (Fsp3) is 0.211. The van der Waals surface area contributed by atoms with Gasteiger partial charge in [-0.15, -0.1) is 5.10 Å². The minimum absolute atomic E-state index is 0.105. The number of hydrogen-bond acceptors (Lipinski definition) is 7. The lowest BCUT2D eigenvalue weighted by molar-refractivity contribution is 0.598. The zero-order chi connectivity index (χ0) is 20.0. The minimum Gasteiger partial charge on any atom is -0.368 e. The molecular weight excluding hydrogens is 376 g/mol. The van der Waals surface area contributed by atoms with Gasteiger partial charge in [-0.1, -0.05) is 42.0 Å². The largest absolute Gasteiger partial charge is 0.368 e. The molecule has 0 radical (unpaired) electrons. The maximum Gasteiger partial charge on any atom is 0.244 e. The number of nitrogens with one attached hydrogen (secondary N) is 2. The van der Waals surface area contributed by atoms with Crippen LogP contribution in [-0.2, 0) is 23.0 Å². The van der Waals surface area contributed by atoms with E-state index < -0.39 is 10.0 Å². The third-order valence-corrected chi connectivity index (χ3v) is 4.99. The molecule has 0 atom stereocenters. The smallest absolute Gasteiger partial charge is 0.244 e. The van der Waals surface area contributed by atoms with E-state index in [9.17, 15) is 8.42 Å². The minimum atomic E-state index is -3.66. The average Bonchev–Trinajstić information content (AvgIpc) is 2.67. The van der Waals surface area contributed by atoms with Gasteiger partial charge >= 0.3 is 0 Å². The van der Waals surface area contributed by atoms with E-state index in [1.165, 1.54) is 17.7 Å². The normalized spacial score (nSPS) is 11.2. The summed E-state index contributed by atoms with van der Waals surface area (Å²) in [5.74, 6) is 1.06. The van der Waals surface area contributed by atoms with E-state index in [4.69, 9.17) is 5.14 Å². The van der Waals surface area contributed by atoms with Crippen molar-refractivity contribution in [3.63, 3.8) is 0 Å². The Balaban J connectivity index is 1.52. The maximum atomic E-state index is 11.3. The molecule has 0 unspecified atom stereocenters. The van der Waals surface area contributed by atoms with E-state index in [1.54, 1.807) is 18.3 Å². The van der Waals surface area contributed by atoms with Crippen molar-refractivity contribution in [1.29, 1.82) is 0 Å². The van der Waals surface area contributed by atoms with Gasteiger partial charge in [0.1, 0.15) is 0 Å². The fourth-order valence-electron chi connectivity index (χ4n) is 2.65. The fourth-order valence-corrected chi connectivity index (χ4v) is 3.16. The summed E-state index contributed by atoms with van der Waals surface area (Å²) in [6.45, 7) is 3.28. The van der Waals surface area contributed by atoms with Crippen LogP contribution < -0.4 is 15.8 Å². The van der Waals surface area contributed by atoms with Gasteiger partial charge in [-0.05, 0) is 36.6 Å². The molecule has 0 saturated heterocycles. The first kappa shape index (κ1) is 19.7. The SMILES string of the molecule is Cc1cccc(CNc2nncc(NCCc3ccc(S(N)(=O)=O)cc3)n2)c1. The molecule has 0 aliphatic rings. The molecule has 28 heavy (non-hydrogen) atoms. The third kappa shape index (κ3) is 5.73. The van der Waals surface area contributed by atoms with E-state index in [2.05, 4.69) is 44.9 Å². The molecule has 0 spiro atoms. The van der Waals surface area contributed by atoms with Crippen molar-refractivity contribution < 1.29 is 8.42 Å². The van der Waals surface area contributed by atoms with Gasteiger partial charge in [0.05, 0.1) is 11.1 Å². The molecule has 9 heteroatoms. The van der Waals surface area contributed by atoms with Crippen LogP contribution >= 0.6 is 0 Å². The molecule has 146 valence electrons. The number of nitrogens with two attached hydrogens (primary N) is 1. The predicted molar refractivity (Wildman–Crippen MR) is 108 cm³/mol. The molecule has 1 heterocycles. The van der Waals surface area contributed by atoms with Crippen LogP contribution in [0.2, 0.25) is 0 Å². The van der Waals surface area contributed by atoms with Crippen LogP contribution in [0.15, 0.2) is 59.6 Å². The van der Waals surface area contributed by atoms with Gasteiger partial charge in [0.15, 0.2) is 5.82 Å². The lowest BCUT2D eigenvalue weighted by Gasteiger charge is -2.08. The summed E-state index contributed by atoms with van der Waals surface area (Å²) in [4.78, 5) is 4.50. The molecular formula is C19H22N6O2S. The van der Waals surface area contributed by atoms with Crippen LogP contribution in [0, 0.1) is 6.92 Å². The number of benzene rings is 2. The highest BCUT2D eigenvalue weighted by Gasteiger charge is 2.07. The molecule has 3 aromatic rings. The summed E-state index contributed by atoms with van der Waals surface area (Å²) in [5, 5.41) is 19.4. The number of rotatable bonds is 8. The number of aromatic nitrogens is 3. The van der Waals surface area contributed by atoms with E-state index in [0.29, 0.717) is 31.3 Å². The highest BCUT2D eigenvalue weighted by Crippen LogP contribution is 2.11. The van der Waals surface area contributed by atoms with Gasteiger partial charge in [-0.25, -0.2) is 13.6 Å². The number of nitrogens with zero attached hydrogens (tertiary/aromatic N) is 3. The van der Waals surface area contributed by atoms with Gasteiger partial charge in [0.25, 0.3) is 0 Å². The second-order valence-electron chi connectivity index (χ2n) is 6.37. The zero-order valence-electron chi connectivity index (χ0n) is 15.5. The van der Waals surface area contributed by atoms with Crippen molar-refractivity contribution >= 4 is 21.8 Å². The Morgan fingerprint density at radius 3 is 2.54 bits per heavy atom. The van der Waals surface area contributed by atoms with Crippen molar-refractivity contribution in [1.82, 2.24) is 15.2 Å². The number of aryl methyl sites for hydroxylation is 1. The Hall–Kier alpha value is -3.04. The third-order valence-electron chi connectivity index (χ3n) is 4.06. The molecule has 4 N–H and O–H groups in total. The molecule has 8 nitrogen and oxygen atoms in total. The Morgan fingerprint density at radius 2 is 1.82 bits per heavy atom. The van der Waals surface area contributed by atoms with Crippen LogP contribution in [0.4, 0.5) is 11.8 Å². The van der Waals surface area contributed by atoms with E-state index in [-0.39, 0.29) is 4.90 Å². The summed E-state index contributed by atoms with van der Waals surface area (Å²) in [7, 11) is -3.66. The average molecular weight is 398 g/mol. The van der Waals surface area contributed by atoms with Crippen LogP contribution in [0.1, 0.15) is 16.7 Å². The second-order valence-corrected chi connectivity index (χ2v) is 7.93. The van der Waals surface area contributed by atoms with Crippen molar-refractivity contribution in [3.8, 4) is 0 Å². The van der Waals surface area contributed by atoms with Crippen molar-refractivity contribution in [2.45, 2.75) is 24.8 Å². The molecule has 2 aromatic carbocycles. The van der Waals surface area contributed by atoms with E-state index in [0.717, 1.165) is 11.1 Å². The highest BCUT2D eigenvalue weighted by molar-refractivity contribution is 7.89. The van der Waals surface area contributed by atoms with Gasteiger partial charge in [-0.3, -0.25) is 0 Å². The molecule has 1 aromatic heterocycles. The number of anilines is 2. The summed E-state index contributed by atoms with van der Waals surface area (Å²) >= 11 is 0. The van der Waals surface area contributed by atoms with Gasteiger partial charge in [0, 0.05) is 13.1 Å². The Morgan fingerprint density at radius 1 is 1.04 bits per heavy atom. The number of sulfonamides is 1. The Kier molecular flexibility index (Phi) is 6.17. The molecule has 0 amide bonds. The lowest BCUT2D eigenvalue weighted by atomic mass is 10.1. The first-order chi connectivity index (χ1) is 13.4. The van der Waals surface area contributed by atoms with Crippen LogP contribution in [-0.4, -0.2) is 30.1 Å². The topological polar surface area (TPSA) is 123 Å². The maximum absolute atomic E-state index is 11.3. The molecule has 0 aliphatic carbocycles. The summed E-state index contributed by atoms with van der Waals surface area (Å²) in [6.07, 6.45) is 2.25. The first-order valence-electron chi connectivity index (χ1n) is 8.75. The molecule has 0 aliphatic heterocycles. The quantitative estimate of drug-likeness (QED) is 0.531.